The molecule has 1 aliphatic rings. The summed E-state index contributed by atoms with van der Waals surface area (Å²) in [6.07, 6.45) is 1.61. The maximum absolute atomic E-state index is 12.5. The number of hydrogen-bond acceptors (Lipinski definition) is 7. The highest BCUT2D eigenvalue weighted by Crippen LogP contribution is 2.24. The van der Waals surface area contributed by atoms with E-state index in [1.807, 2.05) is 31.2 Å². The number of carbonyl (C=O) groups excluding carboxylic acids is 1. The first kappa shape index (κ1) is 15.7. The molecule has 0 aliphatic carbocycles. The Kier molecular flexibility index (Phi) is 3.98. The van der Waals surface area contributed by atoms with Gasteiger partial charge in [0.2, 0.25) is 17.7 Å². The molecule has 1 aromatic carbocycles. The van der Waals surface area contributed by atoms with Crippen molar-refractivity contribution in [2.75, 3.05) is 22.5 Å². The average Bonchev–Trinajstić information content (AvgIpc) is 2.89. The molecule has 1 aromatic heterocycles. The smallest absolute Gasteiger partial charge is 0.329 e. The number of carbonyl (C=O) groups is 1. The van der Waals surface area contributed by atoms with Gasteiger partial charge in [0.05, 0.1) is 4.92 Å². The summed E-state index contributed by atoms with van der Waals surface area (Å²) in [5.41, 5.74) is 7.13. The van der Waals surface area contributed by atoms with E-state index >= 15 is 0 Å². The van der Waals surface area contributed by atoms with Gasteiger partial charge in [-0.05, 0) is 25.5 Å². The van der Waals surface area contributed by atoms with Gasteiger partial charge < -0.3 is 16.0 Å². The summed E-state index contributed by atoms with van der Waals surface area (Å²) in [4.78, 5) is 32.0. The number of nitrogens with two attached hydrogens (primary N) is 1. The van der Waals surface area contributed by atoms with Crippen LogP contribution in [0.5, 0.6) is 0 Å². The van der Waals surface area contributed by atoms with Crippen LogP contribution in [0.25, 0.3) is 0 Å². The van der Waals surface area contributed by atoms with Crippen LogP contribution in [0, 0.1) is 17.0 Å². The van der Waals surface area contributed by atoms with E-state index in [1.54, 1.807) is 4.90 Å². The lowest BCUT2D eigenvalue weighted by atomic mass is 10.2. The minimum Gasteiger partial charge on any atom is -0.378 e. The molecular weight excluding hydrogens is 312 g/mol. The summed E-state index contributed by atoms with van der Waals surface area (Å²) in [7, 11) is 0. The molecule has 2 aromatic rings. The zero-order valence-corrected chi connectivity index (χ0v) is 13.0. The predicted octanol–water partition coefficient (Wildman–Crippen LogP) is 1.49. The normalized spacial score (nSPS) is 17.1. The molecule has 0 saturated carbocycles. The number of nitrogens with zero attached hydrogens (tertiary/aromatic N) is 4. The van der Waals surface area contributed by atoms with Gasteiger partial charge >= 0.3 is 5.69 Å². The SMILES string of the molecule is Cc1ccc(N2CCC(Nc3ncc([N+](=O)[O-])c(N)n3)C2=O)cc1. The number of nitrogen functional groups attached to an aromatic ring is 1. The number of rotatable bonds is 4. The van der Waals surface area contributed by atoms with Crippen molar-refractivity contribution in [2.24, 2.45) is 0 Å². The molecule has 1 amide bonds. The van der Waals surface area contributed by atoms with Crippen LogP contribution in [0.1, 0.15) is 12.0 Å². The molecule has 0 bridgehead atoms. The lowest BCUT2D eigenvalue weighted by Gasteiger charge is -2.17. The molecule has 0 radical (unpaired) electrons. The Bertz CT molecular complexity index is 792. The number of anilines is 3. The highest BCUT2D eigenvalue weighted by Gasteiger charge is 2.33. The second kappa shape index (κ2) is 6.11. The molecule has 3 rings (SSSR count). The van der Waals surface area contributed by atoms with Crippen LogP contribution >= 0.6 is 0 Å². The Morgan fingerprint density at radius 2 is 2.08 bits per heavy atom. The minimum atomic E-state index is -0.654. The van der Waals surface area contributed by atoms with Gasteiger partial charge in [-0.3, -0.25) is 14.9 Å². The number of nitro groups is 1. The fourth-order valence-corrected chi connectivity index (χ4v) is 2.55. The second-order valence-electron chi connectivity index (χ2n) is 5.53. The van der Waals surface area contributed by atoms with E-state index in [9.17, 15) is 14.9 Å². The summed E-state index contributed by atoms with van der Waals surface area (Å²) in [5.74, 6) is -0.236. The number of amides is 1. The van der Waals surface area contributed by atoms with Crippen LogP contribution in [-0.2, 0) is 4.79 Å². The van der Waals surface area contributed by atoms with Crippen molar-refractivity contribution in [1.29, 1.82) is 0 Å². The number of aromatic nitrogens is 2. The van der Waals surface area contributed by atoms with E-state index in [0.717, 1.165) is 17.4 Å². The Hall–Kier alpha value is -3.23. The lowest BCUT2D eigenvalue weighted by molar-refractivity contribution is -0.384. The van der Waals surface area contributed by atoms with Crippen molar-refractivity contribution in [2.45, 2.75) is 19.4 Å². The summed E-state index contributed by atoms with van der Waals surface area (Å²) < 4.78 is 0. The van der Waals surface area contributed by atoms with Gasteiger partial charge in [-0.15, -0.1) is 0 Å². The second-order valence-corrected chi connectivity index (χ2v) is 5.53. The molecule has 2 heterocycles. The Labute approximate surface area is 137 Å². The van der Waals surface area contributed by atoms with E-state index in [1.165, 1.54) is 0 Å². The fraction of sp³-hybridized carbons (Fsp3) is 0.267. The molecular formula is C15H16N6O3. The van der Waals surface area contributed by atoms with Gasteiger partial charge in [0.15, 0.2) is 0 Å². The molecule has 124 valence electrons. The van der Waals surface area contributed by atoms with E-state index < -0.39 is 11.0 Å². The highest BCUT2D eigenvalue weighted by molar-refractivity contribution is 6.00. The van der Waals surface area contributed by atoms with Gasteiger partial charge in [-0.2, -0.15) is 4.98 Å². The number of aryl methyl sites for hydroxylation is 1. The molecule has 3 N–H and O–H groups in total. The largest absolute Gasteiger partial charge is 0.378 e. The van der Waals surface area contributed by atoms with E-state index in [-0.39, 0.29) is 23.4 Å². The Morgan fingerprint density at radius 1 is 1.38 bits per heavy atom. The molecule has 24 heavy (non-hydrogen) atoms. The number of nitrogens with one attached hydrogen (secondary N) is 1. The van der Waals surface area contributed by atoms with Crippen molar-refractivity contribution in [3.05, 3.63) is 46.1 Å². The predicted molar refractivity (Wildman–Crippen MR) is 88.7 cm³/mol. The summed E-state index contributed by atoms with van der Waals surface area (Å²) in [6.45, 7) is 2.55. The lowest BCUT2D eigenvalue weighted by Crippen LogP contribution is -2.33. The van der Waals surface area contributed by atoms with Crippen LogP contribution in [0.2, 0.25) is 0 Å². The van der Waals surface area contributed by atoms with Crippen LogP contribution < -0.4 is 16.0 Å². The molecule has 1 saturated heterocycles. The highest BCUT2D eigenvalue weighted by atomic mass is 16.6. The first-order valence-electron chi connectivity index (χ1n) is 7.37. The van der Waals surface area contributed by atoms with E-state index in [0.29, 0.717) is 13.0 Å². The molecule has 0 spiro atoms. The van der Waals surface area contributed by atoms with Crippen LogP contribution in [0.4, 0.5) is 23.1 Å². The van der Waals surface area contributed by atoms with Crippen LogP contribution in [0.15, 0.2) is 30.5 Å². The zero-order chi connectivity index (χ0) is 17.3. The maximum Gasteiger partial charge on any atom is 0.329 e. The third-order valence-corrected chi connectivity index (χ3v) is 3.85. The van der Waals surface area contributed by atoms with Gasteiger partial charge in [0.25, 0.3) is 0 Å². The zero-order valence-electron chi connectivity index (χ0n) is 13.0. The van der Waals surface area contributed by atoms with Crippen LogP contribution in [0.3, 0.4) is 0 Å². The topological polar surface area (TPSA) is 127 Å². The van der Waals surface area contributed by atoms with E-state index in [4.69, 9.17) is 5.73 Å². The third-order valence-electron chi connectivity index (χ3n) is 3.85. The monoisotopic (exact) mass is 328 g/mol. The maximum atomic E-state index is 12.5. The molecule has 1 fully saturated rings. The van der Waals surface area contributed by atoms with Crippen LogP contribution in [-0.4, -0.2) is 33.4 Å². The fourth-order valence-electron chi connectivity index (χ4n) is 2.55. The van der Waals surface area contributed by atoms with E-state index in [2.05, 4.69) is 15.3 Å². The summed E-state index contributed by atoms with van der Waals surface area (Å²) >= 11 is 0. The Balaban J connectivity index is 1.73. The van der Waals surface area contributed by atoms with Crippen molar-refractivity contribution in [1.82, 2.24) is 9.97 Å². The first-order chi connectivity index (χ1) is 11.5. The molecule has 1 aliphatic heterocycles. The molecule has 1 unspecified atom stereocenters. The summed E-state index contributed by atoms with van der Waals surface area (Å²) in [6, 6.07) is 7.20. The number of hydrogen-bond donors (Lipinski definition) is 2. The molecule has 9 nitrogen and oxygen atoms in total. The standard InChI is InChI=1S/C15H16N6O3/c1-9-2-4-10(5-3-9)20-7-6-11(14(20)22)18-15-17-8-12(21(23)24)13(16)19-15/h2-5,8,11H,6-7H2,1H3,(H3,16,17,18,19). The average molecular weight is 328 g/mol. The quantitative estimate of drug-likeness (QED) is 0.643. The van der Waals surface area contributed by atoms with Crippen molar-refractivity contribution in [3.63, 3.8) is 0 Å². The molecule has 1 atom stereocenters. The van der Waals surface area contributed by atoms with Crippen molar-refractivity contribution < 1.29 is 9.72 Å². The van der Waals surface area contributed by atoms with Gasteiger partial charge in [0.1, 0.15) is 12.2 Å². The van der Waals surface area contributed by atoms with Gasteiger partial charge in [-0.1, -0.05) is 17.7 Å². The van der Waals surface area contributed by atoms with Crippen molar-refractivity contribution >= 4 is 29.0 Å². The Morgan fingerprint density at radius 3 is 2.71 bits per heavy atom. The third kappa shape index (κ3) is 2.96. The minimum absolute atomic E-state index is 0.0978. The van der Waals surface area contributed by atoms with Gasteiger partial charge in [-0.25, -0.2) is 4.98 Å². The van der Waals surface area contributed by atoms with Gasteiger partial charge in [0, 0.05) is 12.2 Å². The molecule has 9 heteroatoms. The van der Waals surface area contributed by atoms with Crippen molar-refractivity contribution in [3.8, 4) is 0 Å². The first-order valence-corrected chi connectivity index (χ1v) is 7.37. The number of benzene rings is 1. The summed E-state index contributed by atoms with van der Waals surface area (Å²) in [5, 5.41) is 13.6.